The summed E-state index contributed by atoms with van der Waals surface area (Å²) in [5.74, 6) is 2.07. The van der Waals surface area contributed by atoms with Crippen molar-refractivity contribution < 1.29 is 14.9 Å². The molecule has 6 rings (SSSR count). The Morgan fingerprint density at radius 3 is 1.19 bits per heavy atom. The van der Waals surface area contributed by atoms with Crippen LogP contribution in [0.2, 0.25) is 0 Å². The van der Waals surface area contributed by atoms with Crippen LogP contribution in [0.25, 0.3) is 0 Å². The van der Waals surface area contributed by atoms with E-state index in [4.69, 9.17) is 9.47 Å². The Hall–Kier alpha value is -3.56. The van der Waals surface area contributed by atoms with Crippen molar-refractivity contribution in [2.45, 2.75) is 25.0 Å². The van der Waals surface area contributed by atoms with Crippen LogP contribution >= 0.6 is 0 Å². The Morgan fingerprint density at radius 1 is 0.452 bits per heavy atom. The number of ether oxygens (including phenoxy) is 2. The molecule has 3 nitrogen and oxygen atoms in total. The van der Waals surface area contributed by atoms with Gasteiger partial charge in [0.1, 0.15) is 23.7 Å². The molecule has 0 amide bonds. The van der Waals surface area contributed by atoms with Crippen molar-refractivity contribution in [2.24, 2.45) is 0 Å². The van der Waals surface area contributed by atoms with E-state index in [1.165, 1.54) is 22.3 Å². The van der Waals surface area contributed by atoms with E-state index in [1.807, 2.05) is 36.4 Å². The van der Waals surface area contributed by atoms with Crippen LogP contribution in [0.3, 0.4) is 0 Å². The van der Waals surface area contributed by atoms with Crippen molar-refractivity contribution >= 4 is 0 Å². The number of rotatable bonds is 2. The minimum Gasteiger partial charge on any atom is -0.485 e. The van der Waals surface area contributed by atoms with Gasteiger partial charge < -0.3 is 14.9 Å². The number of benzene rings is 4. The van der Waals surface area contributed by atoms with Gasteiger partial charge in [-0.15, -0.1) is 0 Å². The van der Waals surface area contributed by atoms with E-state index < -0.39 is 0 Å². The predicted molar refractivity (Wildman–Crippen MR) is 124 cm³/mol. The summed E-state index contributed by atoms with van der Waals surface area (Å²) in [7, 11) is 0. The van der Waals surface area contributed by atoms with Crippen LogP contribution in [0.15, 0.2) is 109 Å². The highest BCUT2D eigenvalue weighted by atomic mass is 16.5. The molecule has 0 fully saturated rings. The second-order valence-corrected chi connectivity index (χ2v) is 7.66. The highest BCUT2D eigenvalue weighted by molar-refractivity contribution is 5.40. The van der Waals surface area contributed by atoms with Crippen molar-refractivity contribution in [1.29, 1.82) is 0 Å². The maximum atomic E-state index is 5.89. The average molecular weight is 411 g/mol. The minimum absolute atomic E-state index is 0. The molecule has 0 saturated heterocycles. The van der Waals surface area contributed by atoms with E-state index in [-0.39, 0.29) is 17.7 Å². The Kier molecular flexibility index (Phi) is 6.34. The minimum atomic E-state index is 0. The van der Waals surface area contributed by atoms with E-state index in [0.717, 1.165) is 24.3 Å². The maximum Gasteiger partial charge on any atom is 0.128 e. The van der Waals surface area contributed by atoms with Gasteiger partial charge in [0, 0.05) is 12.8 Å². The summed E-state index contributed by atoms with van der Waals surface area (Å²) in [5.41, 5.74) is 5.14. The summed E-state index contributed by atoms with van der Waals surface area (Å²) in [6, 6.07) is 37.3. The molecule has 2 aliphatic rings. The van der Waals surface area contributed by atoms with Crippen molar-refractivity contribution in [1.82, 2.24) is 0 Å². The van der Waals surface area contributed by atoms with E-state index in [9.17, 15) is 0 Å². The van der Waals surface area contributed by atoms with E-state index in [0.29, 0.717) is 0 Å². The van der Waals surface area contributed by atoms with Gasteiger partial charge in [-0.2, -0.15) is 0 Å². The highest BCUT2D eigenvalue weighted by Gasteiger charge is 2.24. The molecule has 2 aliphatic heterocycles. The highest BCUT2D eigenvalue weighted by Crippen LogP contribution is 2.37. The molecule has 2 N–H and O–H groups in total. The molecular weight excluding hydrogens is 384 g/mol. The zero-order valence-corrected chi connectivity index (χ0v) is 17.3. The third kappa shape index (κ3) is 4.62. The molecule has 3 heteroatoms. The van der Waals surface area contributed by atoms with Crippen LogP contribution < -0.4 is 9.47 Å². The van der Waals surface area contributed by atoms with Crippen LogP contribution in [-0.4, -0.2) is 5.48 Å². The molecular formula is C28H26O3. The zero-order chi connectivity index (χ0) is 20.2. The quantitative estimate of drug-likeness (QED) is 0.413. The van der Waals surface area contributed by atoms with Gasteiger partial charge in [-0.1, -0.05) is 97.1 Å². The number of hydrogen-bond acceptors (Lipinski definition) is 2. The first kappa shape index (κ1) is 20.7. The van der Waals surface area contributed by atoms with Crippen LogP contribution in [0.5, 0.6) is 11.5 Å². The second kappa shape index (κ2) is 9.50. The molecule has 0 saturated carbocycles. The first-order valence-electron chi connectivity index (χ1n) is 10.5. The third-order valence-corrected chi connectivity index (χ3v) is 5.64. The molecule has 4 aromatic rings. The lowest BCUT2D eigenvalue weighted by Crippen LogP contribution is -2.02. The van der Waals surface area contributed by atoms with Gasteiger partial charge >= 0.3 is 0 Å². The molecule has 2 atom stereocenters. The van der Waals surface area contributed by atoms with Gasteiger partial charge in [0.2, 0.25) is 0 Å². The lowest BCUT2D eigenvalue weighted by Gasteiger charge is -2.10. The third-order valence-electron chi connectivity index (χ3n) is 5.64. The van der Waals surface area contributed by atoms with Crippen molar-refractivity contribution in [3.63, 3.8) is 0 Å². The summed E-state index contributed by atoms with van der Waals surface area (Å²) in [6.45, 7) is 0. The van der Waals surface area contributed by atoms with E-state index in [1.54, 1.807) is 0 Å². The predicted octanol–water partition coefficient (Wildman–Crippen LogP) is 5.90. The van der Waals surface area contributed by atoms with Crippen molar-refractivity contribution in [2.75, 3.05) is 0 Å². The second-order valence-electron chi connectivity index (χ2n) is 7.66. The Morgan fingerprint density at radius 2 is 0.806 bits per heavy atom. The molecule has 0 spiro atoms. The Bertz CT molecular complexity index is 968. The van der Waals surface area contributed by atoms with Gasteiger partial charge in [-0.3, -0.25) is 0 Å². The summed E-state index contributed by atoms with van der Waals surface area (Å²) < 4.78 is 11.8. The summed E-state index contributed by atoms with van der Waals surface area (Å²) in [4.78, 5) is 0. The van der Waals surface area contributed by atoms with Crippen LogP contribution in [0.1, 0.15) is 34.5 Å². The summed E-state index contributed by atoms with van der Waals surface area (Å²) in [6.07, 6.45) is 2.37. The molecule has 2 heterocycles. The van der Waals surface area contributed by atoms with E-state index in [2.05, 4.69) is 72.8 Å². The smallest absolute Gasteiger partial charge is 0.128 e. The van der Waals surface area contributed by atoms with Crippen LogP contribution in [-0.2, 0) is 12.8 Å². The number of hydrogen-bond donors (Lipinski definition) is 0. The SMILES string of the molecule is O.c1ccc(C2Cc3ccccc3O2)cc1.c1ccc(C2Cc3ccccc3O2)cc1. The average Bonchev–Trinajstić information content (AvgIpc) is 3.45. The van der Waals surface area contributed by atoms with Crippen LogP contribution in [0.4, 0.5) is 0 Å². The summed E-state index contributed by atoms with van der Waals surface area (Å²) >= 11 is 0. The fourth-order valence-corrected chi connectivity index (χ4v) is 4.07. The van der Waals surface area contributed by atoms with Crippen molar-refractivity contribution in [3.8, 4) is 11.5 Å². The topological polar surface area (TPSA) is 50.0 Å². The Labute approximate surface area is 183 Å². The zero-order valence-electron chi connectivity index (χ0n) is 17.3. The molecule has 0 aliphatic carbocycles. The van der Waals surface area contributed by atoms with Gasteiger partial charge in [0.25, 0.3) is 0 Å². The van der Waals surface area contributed by atoms with Gasteiger partial charge in [-0.25, -0.2) is 0 Å². The Balaban J connectivity index is 0.000000144. The normalized spacial score (nSPS) is 17.7. The van der Waals surface area contributed by atoms with Gasteiger partial charge in [0.05, 0.1) is 0 Å². The van der Waals surface area contributed by atoms with Gasteiger partial charge in [-0.05, 0) is 34.4 Å². The molecule has 0 aromatic heterocycles. The van der Waals surface area contributed by atoms with Crippen molar-refractivity contribution in [3.05, 3.63) is 131 Å². The lowest BCUT2D eigenvalue weighted by molar-refractivity contribution is 0.238. The fourth-order valence-electron chi connectivity index (χ4n) is 4.07. The lowest BCUT2D eigenvalue weighted by atomic mass is 10.0. The summed E-state index contributed by atoms with van der Waals surface area (Å²) in [5, 5.41) is 0. The molecule has 2 unspecified atom stereocenters. The maximum absolute atomic E-state index is 5.89. The number of para-hydroxylation sites is 2. The molecule has 0 bridgehead atoms. The molecule has 31 heavy (non-hydrogen) atoms. The number of fused-ring (bicyclic) bond motifs is 2. The monoisotopic (exact) mass is 410 g/mol. The molecule has 4 aromatic carbocycles. The van der Waals surface area contributed by atoms with Gasteiger partial charge in [0.15, 0.2) is 0 Å². The first-order chi connectivity index (χ1) is 14.9. The molecule has 156 valence electrons. The molecule has 0 radical (unpaired) electrons. The largest absolute Gasteiger partial charge is 0.485 e. The van der Waals surface area contributed by atoms with E-state index >= 15 is 0 Å². The first-order valence-corrected chi connectivity index (χ1v) is 10.5. The fraction of sp³-hybridized carbons (Fsp3) is 0.143. The van der Waals surface area contributed by atoms with Crippen LogP contribution in [0, 0.1) is 0 Å². The standard InChI is InChI=1S/2C14H12O.H2O/c2*1-2-6-11(7-3-1)14-10-12-8-4-5-9-13(12)15-14;/h2*1-9,14H,10H2;1H2.